The lowest BCUT2D eigenvalue weighted by atomic mass is 10.1. The highest BCUT2D eigenvalue weighted by Gasteiger charge is 2.26. The van der Waals surface area contributed by atoms with E-state index in [2.05, 4.69) is 19.2 Å². The van der Waals surface area contributed by atoms with Crippen molar-refractivity contribution in [2.75, 3.05) is 11.1 Å². The van der Waals surface area contributed by atoms with E-state index in [9.17, 15) is 4.79 Å². The molecule has 1 aromatic rings. The Balaban J connectivity index is 2.08. The van der Waals surface area contributed by atoms with E-state index in [0.29, 0.717) is 5.92 Å². The van der Waals surface area contributed by atoms with Crippen molar-refractivity contribution < 1.29 is 4.79 Å². The largest absolute Gasteiger partial charge is 0.324 e. The predicted molar refractivity (Wildman–Crippen MR) is 72.2 cm³/mol. The zero-order chi connectivity index (χ0) is 12.4. The number of benzene rings is 1. The summed E-state index contributed by atoms with van der Waals surface area (Å²) in [4.78, 5) is 12.6. The standard InChI is InChI=1S/C13H18N2OS/c1-3-8(2)7-17-9-4-5-10-11(6-9)15-13(16)12(10)14/h4-6,8,12H,3,7,14H2,1-2H3,(H,15,16). The summed E-state index contributed by atoms with van der Waals surface area (Å²) in [5.74, 6) is 1.71. The minimum Gasteiger partial charge on any atom is -0.324 e. The third kappa shape index (κ3) is 2.64. The third-order valence-corrected chi connectivity index (χ3v) is 4.45. The summed E-state index contributed by atoms with van der Waals surface area (Å²) in [7, 11) is 0. The number of carbonyl (C=O) groups is 1. The van der Waals surface area contributed by atoms with Gasteiger partial charge in [-0.3, -0.25) is 4.79 Å². The fraction of sp³-hybridized carbons (Fsp3) is 0.462. The minimum absolute atomic E-state index is 0.107. The summed E-state index contributed by atoms with van der Waals surface area (Å²) in [6.45, 7) is 4.45. The Bertz CT molecular complexity index is 433. The molecule has 17 heavy (non-hydrogen) atoms. The second-order valence-electron chi connectivity index (χ2n) is 4.54. The molecular weight excluding hydrogens is 232 g/mol. The van der Waals surface area contributed by atoms with Crippen molar-refractivity contribution in [3.05, 3.63) is 23.8 Å². The van der Waals surface area contributed by atoms with Crippen molar-refractivity contribution in [1.82, 2.24) is 0 Å². The first-order valence-corrected chi connectivity index (χ1v) is 6.93. The Hall–Kier alpha value is -1.00. The Kier molecular flexibility index (Phi) is 3.74. The van der Waals surface area contributed by atoms with Gasteiger partial charge in [0.1, 0.15) is 6.04 Å². The van der Waals surface area contributed by atoms with Gasteiger partial charge in [-0.05, 0) is 18.1 Å². The number of thioether (sulfide) groups is 1. The van der Waals surface area contributed by atoms with Crippen LogP contribution < -0.4 is 11.1 Å². The fourth-order valence-corrected chi connectivity index (χ4v) is 2.79. The van der Waals surface area contributed by atoms with Gasteiger partial charge in [-0.25, -0.2) is 0 Å². The Morgan fingerprint density at radius 1 is 1.53 bits per heavy atom. The van der Waals surface area contributed by atoms with Gasteiger partial charge in [0.05, 0.1) is 0 Å². The number of rotatable bonds is 4. The number of hydrogen-bond acceptors (Lipinski definition) is 3. The van der Waals surface area contributed by atoms with Crippen molar-refractivity contribution in [1.29, 1.82) is 0 Å². The average Bonchev–Trinajstić information content (AvgIpc) is 2.62. The fourth-order valence-electron chi connectivity index (χ4n) is 1.71. The van der Waals surface area contributed by atoms with E-state index in [1.54, 1.807) is 0 Å². The highest BCUT2D eigenvalue weighted by Crippen LogP contribution is 2.33. The van der Waals surface area contributed by atoms with Crippen LogP contribution in [0, 0.1) is 5.92 Å². The number of amides is 1. The monoisotopic (exact) mass is 250 g/mol. The number of carbonyl (C=O) groups excluding carboxylic acids is 1. The second-order valence-corrected chi connectivity index (χ2v) is 5.63. The van der Waals surface area contributed by atoms with Gasteiger partial charge in [-0.1, -0.05) is 26.3 Å². The molecule has 1 aliphatic heterocycles. The van der Waals surface area contributed by atoms with Crippen LogP contribution in [0.5, 0.6) is 0 Å². The molecule has 2 rings (SSSR count). The molecule has 3 N–H and O–H groups in total. The van der Waals surface area contributed by atoms with Crippen molar-refractivity contribution in [2.24, 2.45) is 11.7 Å². The van der Waals surface area contributed by atoms with Gasteiger partial charge in [-0.2, -0.15) is 0 Å². The quantitative estimate of drug-likeness (QED) is 0.808. The molecule has 0 radical (unpaired) electrons. The normalized spacial score (nSPS) is 19.9. The second kappa shape index (κ2) is 5.10. The lowest BCUT2D eigenvalue weighted by Crippen LogP contribution is -2.19. The molecule has 1 amide bonds. The number of hydrogen-bond donors (Lipinski definition) is 2. The minimum atomic E-state index is -0.501. The van der Waals surface area contributed by atoms with Crippen molar-refractivity contribution in [3.63, 3.8) is 0 Å². The lowest BCUT2D eigenvalue weighted by molar-refractivity contribution is -0.116. The van der Waals surface area contributed by atoms with Crippen LogP contribution in [0.3, 0.4) is 0 Å². The Labute approximate surface area is 106 Å². The molecule has 0 bridgehead atoms. The van der Waals surface area contributed by atoms with Gasteiger partial charge in [0.25, 0.3) is 0 Å². The van der Waals surface area contributed by atoms with Crippen molar-refractivity contribution >= 4 is 23.4 Å². The van der Waals surface area contributed by atoms with Crippen LogP contribution >= 0.6 is 11.8 Å². The molecular formula is C13H18N2OS. The molecule has 1 aliphatic rings. The number of nitrogens with one attached hydrogen (secondary N) is 1. The van der Waals surface area contributed by atoms with Gasteiger partial charge in [0.15, 0.2) is 0 Å². The highest BCUT2D eigenvalue weighted by atomic mass is 32.2. The maximum absolute atomic E-state index is 11.4. The van der Waals surface area contributed by atoms with E-state index < -0.39 is 6.04 Å². The molecule has 0 saturated heterocycles. The van der Waals surface area contributed by atoms with Crippen LogP contribution in [-0.2, 0) is 4.79 Å². The van der Waals surface area contributed by atoms with E-state index in [4.69, 9.17) is 5.73 Å². The Morgan fingerprint density at radius 2 is 2.29 bits per heavy atom. The van der Waals surface area contributed by atoms with Gasteiger partial charge in [-0.15, -0.1) is 11.8 Å². The zero-order valence-electron chi connectivity index (χ0n) is 10.2. The summed E-state index contributed by atoms with van der Waals surface area (Å²) in [5, 5.41) is 2.81. The summed E-state index contributed by atoms with van der Waals surface area (Å²) in [6, 6.07) is 5.52. The number of fused-ring (bicyclic) bond motifs is 1. The van der Waals surface area contributed by atoms with Gasteiger partial charge >= 0.3 is 0 Å². The van der Waals surface area contributed by atoms with Crippen LogP contribution in [0.15, 0.2) is 23.1 Å². The number of nitrogens with two attached hydrogens (primary N) is 1. The maximum Gasteiger partial charge on any atom is 0.245 e. The first kappa shape index (κ1) is 12.5. The average molecular weight is 250 g/mol. The maximum atomic E-state index is 11.4. The molecule has 3 nitrogen and oxygen atoms in total. The lowest BCUT2D eigenvalue weighted by Gasteiger charge is -2.09. The molecule has 0 saturated carbocycles. The Morgan fingerprint density at radius 3 is 3.00 bits per heavy atom. The predicted octanol–water partition coefficient (Wildman–Crippen LogP) is 2.78. The van der Waals surface area contributed by atoms with Crippen LogP contribution in [0.2, 0.25) is 0 Å². The first-order chi connectivity index (χ1) is 8.11. The molecule has 4 heteroatoms. The van der Waals surface area contributed by atoms with Crippen LogP contribution in [0.4, 0.5) is 5.69 Å². The van der Waals surface area contributed by atoms with E-state index in [1.807, 2.05) is 30.0 Å². The first-order valence-electron chi connectivity index (χ1n) is 5.95. The summed E-state index contributed by atoms with van der Waals surface area (Å²) >= 11 is 1.83. The third-order valence-electron chi connectivity index (χ3n) is 3.13. The smallest absolute Gasteiger partial charge is 0.245 e. The molecule has 0 fully saturated rings. The number of anilines is 1. The van der Waals surface area contributed by atoms with Crippen LogP contribution in [0.1, 0.15) is 31.9 Å². The van der Waals surface area contributed by atoms with Crippen LogP contribution in [-0.4, -0.2) is 11.7 Å². The van der Waals surface area contributed by atoms with E-state index >= 15 is 0 Å². The summed E-state index contributed by atoms with van der Waals surface area (Å²) < 4.78 is 0. The molecule has 1 aromatic carbocycles. The van der Waals surface area contributed by atoms with Gasteiger partial charge < -0.3 is 11.1 Å². The molecule has 2 atom stereocenters. The molecule has 1 heterocycles. The molecule has 92 valence electrons. The molecule has 0 spiro atoms. The topological polar surface area (TPSA) is 55.1 Å². The van der Waals surface area contributed by atoms with E-state index in [1.165, 1.54) is 11.3 Å². The molecule has 0 aromatic heterocycles. The zero-order valence-corrected chi connectivity index (χ0v) is 11.0. The van der Waals surface area contributed by atoms with Crippen molar-refractivity contribution in [3.8, 4) is 0 Å². The van der Waals surface area contributed by atoms with Crippen molar-refractivity contribution in [2.45, 2.75) is 31.2 Å². The van der Waals surface area contributed by atoms with E-state index in [-0.39, 0.29) is 5.91 Å². The molecule has 0 aliphatic carbocycles. The van der Waals surface area contributed by atoms with Gasteiger partial charge in [0, 0.05) is 21.9 Å². The molecule has 2 unspecified atom stereocenters. The summed E-state index contributed by atoms with van der Waals surface area (Å²) in [5.41, 5.74) is 7.54. The SMILES string of the molecule is CCC(C)CSc1ccc2c(c1)NC(=O)C2N. The van der Waals surface area contributed by atoms with E-state index in [0.717, 1.165) is 17.0 Å². The summed E-state index contributed by atoms with van der Waals surface area (Å²) in [6.07, 6.45) is 1.19. The van der Waals surface area contributed by atoms with Gasteiger partial charge in [0.2, 0.25) is 5.91 Å². The highest BCUT2D eigenvalue weighted by molar-refractivity contribution is 7.99. The van der Waals surface area contributed by atoms with Crippen LogP contribution in [0.25, 0.3) is 0 Å².